The predicted octanol–water partition coefficient (Wildman–Crippen LogP) is 2.04. The van der Waals surface area contributed by atoms with E-state index in [1.54, 1.807) is 0 Å². The lowest BCUT2D eigenvalue weighted by Crippen LogP contribution is -2.43. The highest BCUT2D eigenvalue weighted by molar-refractivity contribution is 7.89. The molecule has 0 aliphatic carbocycles. The maximum Gasteiger partial charge on any atom is 0.246 e. The summed E-state index contributed by atoms with van der Waals surface area (Å²) in [5.41, 5.74) is 0.383. The summed E-state index contributed by atoms with van der Waals surface area (Å²) in [7, 11) is -6.39. The number of hydrogen-bond donors (Lipinski definition) is 2. The molecule has 0 radical (unpaired) electrons. The third-order valence-electron chi connectivity index (χ3n) is 4.95. The second-order valence-electron chi connectivity index (χ2n) is 7.06. The molecule has 0 bridgehead atoms. The molecule has 0 aromatic heterocycles. The lowest BCUT2D eigenvalue weighted by atomic mass is 9.99. The number of ether oxygens (including phenoxy) is 1. The molecule has 1 aliphatic heterocycles. The lowest BCUT2D eigenvalue weighted by molar-refractivity contribution is -0.120. The van der Waals surface area contributed by atoms with E-state index in [1.807, 2.05) is 0 Å². The first-order valence-electron chi connectivity index (χ1n) is 9.30. The topological polar surface area (TPSA) is 136 Å². The van der Waals surface area contributed by atoms with Crippen LogP contribution in [-0.4, -0.2) is 47.2 Å². The van der Waals surface area contributed by atoms with Gasteiger partial charge in [-0.25, -0.2) is 22.0 Å². The molecule has 168 valence electrons. The zero-order chi connectivity index (χ0) is 22.8. The average Bonchev–Trinajstić information content (AvgIpc) is 2.73. The Balaban J connectivity index is 1.75. The summed E-state index contributed by atoms with van der Waals surface area (Å²) in [6, 6.07) is 9.76. The monoisotopic (exact) mass is 487 g/mol. The van der Waals surface area contributed by atoms with Crippen LogP contribution in [0.3, 0.4) is 0 Å². The number of anilines is 1. The molecule has 1 saturated heterocycles. The fraction of sp³-hybridized carbons (Fsp3) is 0.316. The Bertz CT molecular complexity index is 1180. The van der Waals surface area contributed by atoms with E-state index in [2.05, 4.69) is 5.32 Å². The molecule has 3 rings (SSSR count). The highest BCUT2D eigenvalue weighted by Gasteiger charge is 2.35. The van der Waals surface area contributed by atoms with Crippen LogP contribution >= 0.6 is 11.6 Å². The molecule has 9 nitrogen and oxygen atoms in total. The van der Waals surface area contributed by atoms with Crippen molar-refractivity contribution < 1.29 is 26.4 Å². The van der Waals surface area contributed by atoms with Gasteiger partial charge in [0.15, 0.2) is 0 Å². The molecule has 2 aromatic rings. The number of nitrogens with one attached hydrogen (secondary N) is 1. The van der Waals surface area contributed by atoms with E-state index in [-0.39, 0.29) is 39.6 Å². The number of benzene rings is 2. The molecule has 1 heterocycles. The molecule has 31 heavy (non-hydrogen) atoms. The number of carbonyl (C=O) groups is 1. The van der Waals surface area contributed by atoms with Gasteiger partial charge < -0.3 is 10.1 Å². The van der Waals surface area contributed by atoms with Crippen molar-refractivity contribution in [3.63, 3.8) is 0 Å². The summed E-state index contributed by atoms with van der Waals surface area (Å²) < 4.78 is 55.4. The first-order chi connectivity index (χ1) is 14.5. The van der Waals surface area contributed by atoms with E-state index in [1.165, 1.54) is 53.9 Å². The number of rotatable bonds is 6. The van der Waals surface area contributed by atoms with Crippen molar-refractivity contribution in [2.45, 2.75) is 22.6 Å². The van der Waals surface area contributed by atoms with Crippen LogP contribution in [0.1, 0.15) is 12.8 Å². The number of nitrogens with zero attached hydrogens (tertiary/aromatic N) is 1. The SMILES string of the molecule is COc1ccc(Cl)cc1S(=O)(=O)N1CCCC(C(=O)Nc2ccc(S(N)(=O)=O)cc2)C1. The number of amides is 1. The largest absolute Gasteiger partial charge is 0.495 e. The molecule has 0 spiro atoms. The van der Waals surface area contributed by atoms with E-state index in [4.69, 9.17) is 21.5 Å². The van der Waals surface area contributed by atoms with Crippen molar-refractivity contribution >= 4 is 43.2 Å². The third kappa shape index (κ3) is 5.36. The third-order valence-corrected chi connectivity index (χ3v) is 8.00. The van der Waals surface area contributed by atoms with Gasteiger partial charge in [0.1, 0.15) is 10.6 Å². The Morgan fingerprint density at radius 3 is 2.45 bits per heavy atom. The summed E-state index contributed by atoms with van der Waals surface area (Å²) in [5.74, 6) is -0.765. The van der Waals surface area contributed by atoms with E-state index >= 15 is 0 Å². The molecule has 1 fully saturated rings. The van der Waals surface area contributed by atoms with Crippen LogP contribution in [0, 0.1) is 5.92 Å². The second kappa shape index (κ2) is 9.13. The Hall–Kier alpha value is -2.18. The minimum atomic E-state index is -3.93. The van der Waals surface area contributed by atoms with Gasteiger partial charge in [0, 0.05) is 23.8 Å². The minimum absolute atomic E-state index is 0.000896. The van der Waals surface area contributed by atoms with Crippen LogP contribution < -0.4 is 15.2 Å². The predicted molar refractivity (Wildman–Crippen MR) is 116 cm³/mol. The van der Waals surface area contributed by atoms with Gasteiger partial charge in [-0.3, -0.25) is 4.79 Å². The van der Waals surface area contributed by atoms with Crippen LogP contribution in [0.15, 0.2) is 52.3 Å². The normalized spacial score (nSPS) is 17.8. The molecular formula is C19H22ClN3O6S2. The standard InChI is InChI=1S/C19H22ClN3O6S2/c1-29-17-9-4-14(20)11-18(17)31(27,28)23-10-2-3-13(12-23)19(24)22-15-5-7-16(8-6-15)30(21,25)26/h4-9,11,13H,2-3,10,12H2,1H3,(H,22,24)(H2,21,25,26). The van der Waals surface area contributed by atoms with Crippen molar-refractivity contribution in [3.05, 3.63) is 47.5 Å². The number of piperidine rings is 1. The Morgan fingerprint density at radius 1 is 1.16 bits per heavy atom. The smallest absolute Gasteiger partial charge is 0.246 e. The summed E-state index contributed by atoms with van der Waals surface area (Å²) in [4.78, 5) is 12.6. The van der Waals surface area contributed by atoms with E-state index in [0.717, 1.165) is 0 Å². The van der Waals surface area contributed by atoms with E-state index < -0.39 is 26.0 Å². The van der Waals surface area contributed by atoms with Crippen molar-refractivity contribution in [1.82, 2.24) is 4.31 Å². The van der Waals surface area contributed by atoms with Crippen LogP contribution in [0.5, 0.6) is 5.75 Å². The zero-order valence-corrected chi connectivity index (χ0v) is 19.0. The van der Waals surface area contributed by atoms with Crippen molar-refractivity contribution in [3.8, 4) is 5.75 Å². The summed E-state index contributed by atoms with van der Waals surface area (Å²) >= 11 is 5.98. The number of primary sulfonamides is 1. The summed E-state index contributed by atoms with van der Waals surface area (Å²) in [5, 5.41) is 8.01. The fourth-order valence-electron chi connectivity index (χ4n) is 3.34. The van der Waals surface area contributed by atoms with Crippen LogP contribution in [-0.2, 0) is 24.8 Å². The summed E-state index contributed by atoms with van der Waals surface area (Å²) in [6.45, 7) is 0.268. The van der Waals surface area contributed by atoms with Crippen LogP contribution in [0.25, 0.3) is 0 Å². The highest BCUT2D eigenvalue weighted by atomic mass is 35.5. The number of halogens is 1. The van der Waals surface area contributed by atoms with Gasteiger partial charge in [0.2, 0.25) is 26.0 Å². The van der Waals surface area contributed by atoms with Gasteiger partial charge in [-0.15, -0.1) is 0 Å². The average molecular weight is 488 g/mol. The minimum Gasteiger partial charge on any atom is -0.495 e. The van der Waals surface area contributed by atoms with Crippen molar-refractivity contribution in [2.75, 3.05) is 25.5 Å². The Labute approximate surface area is 186 Å². The number of carbonyl (C=O) groups excluding carboxylic acids is 1. The summed E-state index contributed by atoms with van der Waals surface area (Å²) in [6.07, 6.45) is 1.02. The van der Waals surface area contributed by atoms with Gasteiger partial charge in [-0.2, -0.15) is 4.31 Å². The zero-order valence-electron chi connectivity index (χ0n) is 16.6. The lowest BCUT2D eigenvalue weighted by Gasteiger charge is -2.31. The van der Waals surface area contributed by atoms with E-state index in [0.29, 0.717) is 18.5 Å². The highest BCUT2D eigenvalue weighted by Crippen LogP contribution is 2.32. The van der Waals surface area contributed by atoms with Crippen LogP contribution in [0.4, 0.5) is 5.69 Å². The van der Waals surface area contributed by atoms with Gasteiger partial charge in [0.25, 0.3) is 0 Å². The Morgan fingerprint density at radius 2 is 1.84 bits per heavy atom. The van der Waals surface area contributed by atoms with Crippen molar-refractivity contribution in [2.24, 2.45) is 11.1 Å². The van der Waals surface area contributed by atoms with Crippen LogP contribution in [0.2, 0.25) is 5.02 Å². The van der Waals surface area contributed by atoms with Crippen molar-refractivity contribution in [1.29, 1.82) is 0 Å². The number of methoxy groups -OCH3 is 1. The molecular weight excluding hydrogens is 466 g/mol. The first-order valence-corrected chi connectivity index (χ1v) is 12.7. The molecule has 1 unspecified atom stereocenters. The van der Waals surface area contributed by atoms with Gasteiger partial charge in [-0.05, 0) is 55.3 Å². The second-order valence-corrected chi connectivity index (χ2v) is 11.0. The van der Waals surface area contributed by atoms with E-state index in [9.17, 15) is 21.6 Å². The molecule has 0 saturated carbocycles. The molecule has 2 aromatic carbocycles. The molecule has 12 heteroatoms. The number of sulfonamides is 2. The van der Waals surface area contributed by atoms with Gasteiger partial charge in [-0.1, -0.05) is 11.6 Å². The number of nitrogens with two attached hydrogens (primary N) is 1. The van der Waals surface area contributed by atoms with Gasteiger partial charge in [0.05, 0.1) is 17.9 Å². The Kier molecular flexibility index (Phi) is 6.92. The molecule has 1 aliphatic rings. The maximum atomic E-state index is 13.2. The van der Waals surface area contributed by atoms with Gasteiger partial charge >= 0.3 is 0 Å². The number of hydrogen-bond acceptors (Lipinski definition) is 6. The quantitative estimate of drug-likeness (QED) is 0.639. The fourth-order valence-corrected chi connectivity index (χ4v) is 5.80. The first kappa shape index (κ1) is 23.5. The maximum absolute atomic E-state index is 13.2. The molecule has 1 amide bonds. The molecule has 3 N–H and O–H groups in total. The molecule has 1 atom stereocenters.